The van der Waals surface area contributed by atoms with Crippen molar-refractivity contribution in [1.82, 2.24) is 19.4 Å². The van der Waals surface area contributed by atoms with Gasteiger partial charge in [0.25, 0.3) is 0 Å². The maximum Gasteiger partial charge on any atom is 0.419 e. The summed E-state index contributed by atoms with van der Waals surface area (Å²) in [5, 5.41) is 0. The summed E-state index contributed by atoms with van der Waals surface area (Å²) in [6.45, 7) is 3.63. The molecule has 5 rings (SSSR count). The molecule has 0 spiro atoms. The Kier molecular flexibility index (Phi) is 5.42. The van der Waals surface area contributed by atoms with Crippen molar-refractivity contribution in [3.05, 3.63) is 29.8 Å². The number of rotatable bonds is 4. The van der Waals surface area contributed by atoms with Gasteiger partial charge in [0.05, 0.1) is 24.5 Å². The van der Waals surface area contributed by atoms with Crippen molar-refractivity contribution < 1.29 is 17.9 Å². The predicted octanol–water partition coefficient (Wildman–Crippen LogP) is 4.24. The summed E-state index contributed by atoms with van der Waals surface area (Å²) in [6, 6.07) is 2.02. The van der Waals surface area contributed by atoms with Crippen LogP contribution in [0.3, 0.4) is 0 Å². The number of imidazole rings is 1. The number of alkyl halides is 3. The van der Waals surface area contributed by atoms with Crippen LogP contribution in [0.15, 0.2) is 18.5 Å². The molecule has 3 heterocycles. The van der Waals surface area contributed by atoms with E-state index in [0.29, 0.717) is 29.3 Å². The van der Waals surface area contributed by atoms with E-state index in [1.54, 1.807) is 0 Å². The molecular weight excluding hydrogens is 407 g/mol. The fourth-order valence-electron chi connectivity index (χ4n) is 4.97. The molecule has 0 radical (unpaired) electrons. The molecule has 0 aromatic carbocycles. The summed E-state index contributed by atoms with van der Waals surface area (Å²) >= 11 is 0. The van der Waals surface area contributed by atoms with Crippen LogP contribution in [-0.2, 0) is 10.9 Å². The lowest BCUT2D eigenvalue weighted by molar-refractivity contribution is -0.137. The number of pyridine rings is 1. The molecule has 0 bridgehead atoms. The van der Waals surface area contributed by atoms with Gasteiger partial charge in [-0.2, -0.15) is 13.2 Å². The molecule has 3 fully saturated rings. The molecule has 1 saturated heterocycles. The molecule has 2 aliphatic carbocycles. The SMILES string of the molecule is Nc1ncc(-c2cn(C3CCC(N4CCOCC4)CC3)c(C3CC3)n2)cc1C(F)(F)F. The third kappa shape index (κ3) is 4.30. The van der Waals surface area contributed by atoms with Crippen molar-refractivity contribution in [3.63, 3.8) is 0 Å². The third-order valence-electron chi connectivity index (χ3n) is 6.84. The van der Waals surface area contributed by atoms with Crippen molar-refractivity contribution in [2.75, 3.05) is 32.0 Å². The summed E-state index contributed by atoms with van der Waals surface area (Å²) in [7, 11) is 0. The first-order chi connectivity index (χ1) is 14.9. The molecule has 0 unspecified atom stereocenters. The largest absolute Gasteiger partial charge is 0.419 e. The summed E-state index contributed by atoms with van der Waals surface area (Å²) in [5.74, 6) is 0.921. The Morgan fingerprint density at radius 2 is 1.68 bits per heavy atom. The van der Waals surface area contributed by atoms with Gasteiger partial charge in [-0.3, -0.25) is 4.90 Å². The summed E-state index contributed by atoms with van der Waals surface area (Å²) in [5.41, 5.74) is 5.48. The van der Waals surface area contributed by atoms with Gasteiger partial charge in [-0.25, -0.2) is 9.97 Å². The number of nitrogens with two attached hydrogens (primary N) is 1. The number of aromatic nitrogens is 3. The van der Waals surface area contributed by atoms with Crippen molar-refractivity contribution in [2.24, 2.45) is 0 Å². The van der Waals surface area contributed by atoms with Crippen LogP contribution in [0.4, 0.5) is 19.0 Å². The summed E-state index contributed by atoms with van der Waals surface area (Å²) in [4.78, 5) is 11.1. The maximum absolute atomic E-state index is 13.3. The molecule has 0 atom stereocenters. The van der Waals surface area contributed by atoms with Gasteiger partial charge in [0.15, 0.2) is 0 Å². The van der Waals surface area contributed by atoms with Crippen LogP contribution in [0.2, 0.25) is 0 Å². The molecule has 9 heteroatoms. The Bertz CT molecular complexity index is 926. The van der Waals surface area contributed by atoms with Gasteiger partial charge < -0.3 is 15.0 Å². The molecule has 1 aliphatic heterocycles. The molecule has 0 amide bonds. The van der Waals surface area contributed by atoms with Crippen molar-refractivity contribution in [2.45, 2.75) is 62.7 Å². The first-order valence-electron chi connectivity index (χ1n) is 11.1. The molecular formula is C22H28F3N5O. The van der Waals surface area contributed by atoms with Crippen molar-refractivity contribution in [1.29, 1.82) is 0 Å². The van der Waals surface area contributed by atoms with Gasteiger partial charge in [-0.05, 0) is 44.6 Å². The minimum Gasteiger partial charge on any atom is -0.383 e. The lowest BCUT2D eigenvalue weighted by Gasteiger charge is -2.39. The molecule has 3 aliphatic rings. The van der Waals surface area contributed by atoms with E-state index >= 15 is 0 Å². The number of ether oxygens (including phenoxy) is 1. The molecule has 2 saturated carbocycles. The zero-order chi connectivity index (χ0) is 21.6. The minimum atomic E-state index is -4.53. The van der Waals surface area contributed by atoms with Crippen LogP contribution >= 0.6 is 0 Å². The molecule has 31 heavy (non-hydrogen) atoms. The first kappa shape index (κ1) is 20.8. The Labute approximate surface area is 179 Å². The van der Waals surface area contributed by atoms with Crippen LogP contribution in [-0.4, -0.2) is 51.8 Å². The normalized spacial score (nSPS) is 25.6. The topological polar surface area (TPSA) is 69.2 Å². The van der Waals surface area contributed by atoms with E-state index < -0.39 is 17.6 Å². The lowest BCUT2D eigenvalue weighted by Crippen LogP contribution is -2.45. The number of hydrogen-bond acceptors (Lipinski definition) is 5. The van der Waals surface area contributed by atoms with Gasteiger partial charge >= 0.3 is 6.18 Å². The van der Waals surface area contributed by atoms with E-state index in [2.05, 4.69) is 14.5 Å². The zero-order valence-corrected chi connectivity index (χ0v) is 17.4. The Hall–Kier alpha value is -2.13. The van der Waals surface area contributed by atoms with Crippen LogP contribution in [0, 0.1) is 0 Å². The number of nitrogen functional groups attached to an aromatic ring is 1. The van der Waals surface area contributed by atoms with E-state index in [-0.39, 0.29) is 0 Å². The van der Waals surface area contributed by atoms with E-state index in [1.165, 1.54) is 6.20 Å². The number of halogens is 3. The van der Waals surface area contributed by atoms with Gasteiger partial charge in [0, 0.05) is 49.0 Å². The van der Waals surface area contributed by atoms with Gasteiger partial charge in [0.2, 0.25) is 0 Å². The summed E-state index contributed by atoms with van der Waals surface area (Å²) < 4.78 is 47.6. The average molecular weight is 435 g/mol. The van der Waals surface area contributed by atoms with E-state index in [4.69, 9.17) is 15.5 Å². The second-order valence-corrected chi connectivity index (χ2v) is 8.93. The quantitative estimate of drug-likeness (QED) is 0.778. The fraction of sp³-hybridized carbons (Fsp3) is 0.636. The molecule has 2 aromatic heterocycles. The highest BCUT2D eigenvalue weighted by Gasteiger charge is 2.36. The fourth-order valence-corrected chi connectivity index (χ4v) is 4.97. The monoisotopic (exact) mass is 435 g/mol. The zero-order valence-electron chi connectivity index (χ0n) is 17.4. The van der Waals surface area contributed by atoms with E-state index in [0.717, 1.165) is 76.7 Å². The highest BCUT2D eigenvalue weighted by Crippen LogP contribution is 2.44. The average Bonchev–Trinajstić information content (AvgIpc) is 3.52. The number of nitrogens with zero attached hydrogens (tertiary/aromatic N) is 4. The molecule has 168 valence electrons. The first-order valence-corrected chi connectivity index (χ1v) is 11.1. The highest BCUT2D eigenvalue weighted by molar-refractivity contribution is 5.62. The standard InChI is InChI=1S/C22H28F3N5O/c23-22(24,25)18-11-15(12-27-20(18)26)19-13-30(21(28-19)14-1-2-14)17-5-3-16(4-6-17)29-7-9-31-10-8-29/h11-14,16-17H,1-10H2,(H2,26,27). The minimum absolute atomic E-state index is 0.345. The Balaban J connectivity index is 1.37. The number of anilines is 1. The highest BCUT2D eigenvalue weighted by atomic mass is 19.4. The van der Waals surface area contributed by atoms with Crippen LogP contribution < -0.4 is 5.73 Å². The second kappa shape index (κ2) is 8.09. The Morgan fingerprint density at radius 3 is 2.32 bits per heavy atom. The number of hydrogen-bond donors (Lipinski definition) is 1. The van der Waals surface area contributed by atoms with Crippen LogP contribution in [0.1, 0.15) is 61.9 Å². The molecule has 2 aromatic rings. The smallest absolute Gasteiger partial charge is 0.383 e. The molecule has 6 nitrogen and oxygen atoms in total. The molecule has 2 N–H and O–H groups in total. The van der Waals surface area contributed by atoms with Gasteiger partial charge in [-0.1, -0.05) is 0 Å². The maximum atomic E-state index is 13.3. The number of morpholine rings is 1. The Morgan fingerprint density at radius 1 is 1.00 bits per heavy atom. The van der Waals surface area contributed by atoms with Crippen molar-refractivity contribution >= 4 is 5.82 Å². The lowest BCUT2D eigenvalue weighted by atomic mass is 9.89. The van der Waals surface area contributed by atoms with Crippen molar-refractivity contribution in [3.8, 4) is 11.3 Å². The van der Waals surface area contributed by atoms with Crippen LogP contribution in [0.5, 0.6) is 0 Å². The second-order valence-electron chi connectivity index (χ2n) is 8.93. The predicted molar refractivity (Wildman–Crippen MR) is 111 cm³/mol. The van der Waals surface area contributed by atoms with Gasteiger partial charge in [0.1, 0.15) is 11.6 Å². The van der Waals surface area contributed by atoms with Crippen LogP contribution in [0.25, 0.3) is 11.3 Å². The van der Waals surface area contributed by atoms with E-state index in [9.17, 15) is 13.2 Å². The third-order valence-corrected chi connectivity index (χ3v) is 6.84. The van der Waals surface area contributed by atoms with E-state index in [1.807, 2.05) is 6.20 Å². The summed E-state index contributed by atoms with van der Waals surface area (Å²) in [6.07, 6.45) is 5.35. The van der Waals surface area contributed by atoms with Gasteiger partial charge in [-0.15, -0.1) is 0 Å².